The molecule has 10 nitrogen and oxygen atoms in total. The van der Waals surface area contributed by atoms with Gasteiger partial charge in [-0.3, -0.25) is 4.79 Å². The first-order chi connectivity index (χ1) is 14.0. The lowest BCUT2D eigenvalue weighted by molar-refractivity contribution is -0.274. The molecule has 0 amide bonds. The van der Waals surface area contributed by atoms with E-state index in [0.29, 0.717) is 5.82 Å². The van der Waals surface area contributed by atoms with Crippen LogP contribution < -0.4 is 15.4 Å². The van der Waals surface area contributed by atoms with Gasteiger partial charge in [0.1, 0.15) is 23.4 Å². The SMILES string of the molecule is Nc1cnc(N2CCN(S(=O)(=O)c3ccc(OC(F)(F)F)cc3)[C@@H](C(=O)O)C2)cn1. The Morgan fingerprint density at radius 1 is 1.17 bits per heavy atom. The quantitative estimate of drug-likeness (QED) is 0.685. The number of hydrogen-bond acceptors (Lipinski definition) is 8. The molecule has 162 valence electrons. The largest absolute Gasteiger partial charge is 0.573 e. The molecule has 30 heavy (non-hydrogen) atoms. The van der Waals surface area contributed by atoms with Crippen molar-refractivity contribution in [3.63, 3.8) is 0 Å². The Balaban J connectivity index is 1.82. The van der Waals surface area contributed by atoms with Crippen molar-refractivity contribution in [2.24, 2.45) is 0 Å². The van der Waals surface area contributed by atoms with Gasteiger partial charge in [-0.25, -0.2) is 18.4 Å². The number of benzene rings is 1. The predicted molar refractivity (Wildman–Crippen MR) is 97.1 cm³/mol. The molecule has 1 aliphatic rings. The molecule has 1 saturated heterocycles. The highest BCUT2D eigenvalue weighted by Crippen LogP contribution is 2.27. The minimum Gasteiger partial charge on any atom is -0.480 e. The fraction of sp³-hybridized carbons (Fsp3) is 0.312. The van der Waals surface area contributed by atoms with Crippen molar-refractivity contribution in [1.82, 2.24) is 14.3 Å². The van der Waals surface area contributed by atoms with Crippen LogP contribution in [0.5, 0.6) is 5.75 Å². The lowest BCUT2D eigenvalue weighted by Crippen LogP contribution is -2.58. The molecule has 2 heterocycles. The second-order valence-corrected chi connectivity index (χ2v) is 8.13. The van der Waals surface area contributed by atoms with Crippen molar-refractivity contribution in [3.8, 4) is 5.75 Å². The van der Waals surface area contributed by atoms with Gasteiger partial charge in [-0.05, 0) is 24.3 Å². The van der Waals surface area contributed by atoms with Crippen LogP contribution in [0.1, 0.15) is 0 Å². The van der Waals surface area contributed by atoms with Crippen molar-refractivity contribution in [1.29, 1.82) is 0 Å². The average molecular weight is 447 g/mol. The standard InChI is InChI=1S/C16H16F3N5O5S/c17-16(18,19)29-10-1-3-11(4-2-10)30(27,28)24-6-5-23(9-12(24)15(25)26)14-8-21-13(20)7-22-14/h1-4,7-8,12H,5-6,9H2,(H2,20,21)(H,25,26)/t12-/m1/s1. The molecule has 0 radical (unpaired) electrons. The van der Waals surface area contributed by atoms with Crippen molar-refractivity contribution in [2.75, 3.05) is 30.3 Å². The summed E-state index contributed by atoms with van der Waals surface area (Å²) >= 11 is 0. The molecule has 14 heteroatoms. The fourth-order valence-electron chi connectivity index (χ4n) is 2.91. The van der Waals surface area contributed by atoms with E-state index in [4.69, 9.17) is 5.73 Å². The molecule has 1 aromatic carbocycles. The summed E-state index contributed by atoms with van der Waals surface area (Å²) in [7, 11) is -4.30. The summed E-state index contributed by atoms with van der Waals surface area (Å²) in [6, 6.07) is 2.08. The van der Waals surface area contributed by atoms with Crippen molar-refractivity contribution in [2.45, 2.75) is 17.3 Å². The molecule has 1 fully saturated rings. The zero-order chi connectivity index (χ0) is 22.1. The number of alkyl halides is 3. The number of halogens is 3. The number of aromatic nitrogens is 2. The molecule has 2 aromatic rings. The van der Waals surface area contributed by atoms with Crippen molar-refractivity contribution < 1.29 is 36.2 Å². The number of rotatable bonds is 5. The summed E-state index contributed by atoms with van der Waals surface area (Å²) in [6.07, 6.45) is -2.29. The number of anilines is 2. The smallest absolute Gasteiger partial charge is 0.480 e. The van der Waals surface area contributed by atoms with Gasteiger partial charge in [0.15, 0.2) is 0 Å². The minimum atomic E-state index is -4.92. The van der Waals surface area contributed by atoms with E-state index in [1.165, 1.54) is 12.4 Å². The van der Waals surface area contributed by atoms with Crippen LogP contribution in [0.4, 0.5) is 24.8 Å². The van der Waals surface area contributed by atoms with E-state index in [1.54, 1.807) is 4.90 Å². The maximum atomic E-state index is 12.9. The Kier molecular flexibility index (Phi) is 5.72. The number of carboxylic acids is 1. The van der Waals surface area contributed by atoms with Gasteiger partial charge in [-0.1, -0.05) is 0 Å². The van der Waals surface area contributed by atoms with Gasteiger partial charge in [0.05, 0.1) is 17.3 Å². The summed E-state index contributed by atoms with van der Waals surface area (Å²) in [4.78, 5) is 20.9. The summed E-state index contributed by atoms with van der Waals surface area (Å²) in [5, 5.41) is 9.57. The summed E-state index contributed by atoms with van der Waals surface area (Å²) < 4.78 is 67.2. The predicted octanol–water partition coefficient (Wildman–Crippen LogP) is 0.921. The minimum absolute atomic E-state index is 0.122. The highest BCUT2D eigenvalue weighted by atomic mass is 32.2. The van der Waals surface area contributed by atoms with Crippen LogP contribution in [0.3, 0.4) is 0 Å². The van der Waals surface area contributed by atoms with Crippen LogP contribution in [-0.4, -0.2) is 65.8 Å². The number of piperazine rings is 1. The number of nitrogens with zero attached hydrogens (tertiary/aromatic N) is 4. The highest BCUT2D eigenvalue weighted by Gasteiger charge is 2.41. The number of nitrogens with two attached hydrogens (primary N) is 1. The molecule has 3 N–H and O–H groups in total. The third kappa shape index (κ3) is 4.71. The van der Waals surface area contributed by atoms with Crippen LogP contribution in [-0.2, 0) is 14.8 Å². The van der Waals surface area contributed by atoms with Gasteiger partial charge >= 0.3 is 12.3 Å². The summed E-state index contributed by atoms with van der Waals surface area (Å²) in [6.45, 7) is -0.272. The number of carboxylic acid groups (broad SMARTS) is 1. The van der Waals surface area contributed by atoms with Gasteiger partial charge in [-0.2, -0.15) is 4.31 Å². The van der Waals surface area contributed by atoms with Gasteiger partial charge in [0.2, 0.25) is 10.0 Å². The van der Waals surface area contributed by atoms with Crippen LogP contribution in [0.25, 0.3) is 0 Å². The van der Waals surface area contributed by atoms with Crippen LogP contribution >= 0.6 is 0 Å². The molecule has 1 aromatic heterocycles. The van der Waals surface area contributed by atoms with Gasteiger partial charge in [0, 0.05) is 19.6 Å². The molecule has 3 rings (SSSR count). The maximum Gasteiger partial charge on any atom is 0.573 e. The number of hydrogen-bond donors (Lipinski definition) is 2. The zero-order valence-corrected chi connectivity index (χ0v) is 16.0. The zero-order valence-electron chi connectivity index (χ0n) is 15.2. The molecule has 0 spiro atoms. The van der Waals surface area contributed by atoms with E-state index < -0.39 is 34.1 Å². The first-order valence-corrected chi connectivity index (χ1v) is 9.84. The number of sulfonamides is 1. The molecule has 0 aliphatic carbocycles. The van der Waals surface area contributed by atoms with E-state index in [9.17, 15) is 31.5 Å². The van der Waals surface area contributed by atoms with Gasteiger partial charge in [0.25, 0.3) is 0 Å². The molecular formula is C16H16F3N5O5S. The number of aliphatic carboxylic acids is 1. The number of nitrogen functional groups attached to an aromatic ring is 1. The van der Waals surface area contributed by atoms with Crippen molar-refractivity contribution >= 4 is 27.6 Å². The second-order valence-electron chi connectivity index (χ2n) is 6.23. The van der Waals surface area contributed by atoms with Gasteiger partial charge < -0.3 is 20.5 Å². The monoisotopic (exact) mass is 447 g/mol. The lowest BCUT2D eigenvalue weighted by atomic mass is 10.2. The molecule has 0 unspecified atom stereocenters. The Morgan fingerprint density at radius 2 is 1.83 bits per heavy atom. The van der Waals surface area contributed by atoms with Crippen LogP contribution in [0.15, 0.2) is 41.6 Å². The Hall–Kier alpha value is -3.13. The topological polar surface area (TPSA) is 139 Å². The average Bonchev–Trinajstić information content (AvgIpc) is 2.67. The van der Waals surface area contributed by atoms with Gasteiger partial charge in [-0.15, -0.1) is 13.2 Å². The summed E-state index contributed by atoms with van der Waals surface area (Å²) in [5.74, 6) is -1.47. The van der Waals surface area contributed by atoms with E-state index in [2.05, 4.69) is 14.7 Å². The molecule has 1 aliphatic heterocycles. The fourth-order valence-corrected chi connectivity index (χ4v) is 4.47. The Morgan fingerprint density at radius 3 is 2.37 bits per heavy atom. The number of ether oxygens (including phenoxy) is 1. The van der Waals surface area contributed by atoms with Crippen molar-refractivity contribution in [3.05, 3.63) is 36.7 Å². The lowest BCUT2D eigenvalue weighted by Gasteiger charge is -2.38. The maximum absolute atomic E-state index is 12.9. The normalized spacial score (nSPS) is 18.2. The highest BCUT2D eigenvalue weighted by molar-refractivity contribution is 7.89. The molecule has 0 bridgehead atoms. The first kappa shape index (κ1) is 21.6. The first-order valence-electron chi connectivity index (χ1n) is 8.40. The summed E-state index contributed by atoms with van der Waals surface area (Å²) in [5.41, 5.74) is 5.47. The van der Waals surface area contributed by atoms with Crippen LogP contribution in [0, 0.1) is 0 Å². The second kappa shape index (κ2) is 7.95. The van der Waals surface area contributed by atoms with Crippen LogP contribution in [0.2, 0.25) is 0 Å². The van der Waals surface area contributed by atoms with E-state index in [0.717, 1.165) is 28.6 Å². The molecule has 1 atom stereocenters. The number of carbonyl (C=O) groups is 1. The third-order valence-electron chi connectivity index (χ3n) is 4.26. The Labute approximate surface area is 168 Å². The van der Waals surface area contributed by atoms with E-state index >= 15 is 0 Å². The third-order valence-corrected chi connectivity index (χ3v) is 6.18. The Bertz CT molecular complexity index is 1020. The molecule has 0 saturated carbocycles. The van der Waals surface area contributed by atoms with E-state index in [1.807, 2.05) is 0 Å². The van der Waals surface area contributed by atoms with E-state index in [-0.39, 0.29) is 30.3 Å². The molecular weight excluding hydrogens is 431 g/mol.